The van der Waals surface area contributed by atoms with Crippen LogP contribution < -0.4 is 15.0 Å². The van der Waals surface area contributed by atoms with Crippen LogP contribution in [0.4, 0.5) is 11.4 Å². The lowest BCUT2D eigenvalue weighted by molar-refractivity contribution is -0.151. The summed E-state index contributed by atoms with van der Waals surface area (Å²) >= 11 is 0. The number of esters is 3. The molecule has 1 aliphatic rings. The van der Waals surface area contributed by atoms with Crippen LogP contribution in [0.2, 0.25) is 0 Å². The number of anilines is 2. The van der Waals surface area contributed by atoms with Crippen LogP contribution in [0.15, 0.2) is 42.5 Å². The van der Waals surface area contributed by atoms with E-state index >= 15 is 0 Å². The van der Waals surface area contributed by atoms with Crippen LogP contribution in [-0.2, 0) is 28.6 Å². The average molecular weight is 513 g/mol. The minimum atomic E-state index is -0.757. The molecule has 37 heavy (non-hydrogen) atoms. The molecule has 1 heterocycles. The number of nitrogens with zero attached hydrogens (tertiary/aromatic N) is 1. The molecule has 11 heteroatoms. The van der Waals surface area contributed by atoms with Crippen molar-refractivity contribution in [3.63, 3.8) is 0 Å². The lowest BCUT2D eigenvalue weighted by Crippen LogP contribution is -2.28. The third-order valence-corrected chi connectivity index (χ3v) is 5.42. The van der Waals surface area contributed by atoms with Gasteiger partial charge in [-0.1, -0.05) is 12.1 Å². The first-order valence-electron chi connectivity index (χ1n) is 11.7. The first-order chi connectivity index (χ1) is 17.8. The fraction of sp³-hybridized carbons (Fsp3) is 0.346. The molecule has 11 nitrogen and oxygen atoms in total. The van der Waals surface area contributed by atoms with Gasteiger partial charge in [0.25, 0.3) is 5.91 Å². The summed E-state index contributed by atoms with van der Waals surface area (Å²) in [6.07, 6.45) is -0.0665. The van der Waals surface area contributed by atoms with Gasteiger partial charge in [0.1, 0.15) is 5.75 Å². The van der Waals surface area contributed by atoms with E-state index in [0.717, 1.165) is 0 Å². The summed E-state index contributed by atoms with van der Waals surface area (Å²) in [5.41, 5.74) is 0.746. The number of para-hydroxylation sites is 2. The molecule has 2 amide bonds. The van der Waals surface area contributed by atoms with Crippen molar-refractivity contribution in [3.8, 4) is 5.75 Å². The van der Waals surface area contributed by atoms with Gasteiger partial charge in [0.15, 0.2) is 6.61 Å². The van der Waals surface area contributed by atoms with E-state index in [1.807, 2.05) is 0 Å². The molecule has 1 aliphatic heterocycles. The molecule has 2 aromatic rings. The quantitative estimate of drug-likeness (QED) is 0.376. The molecule has 196 valence electrons. The third-order valence-electron chi connectivity index (χ3n) is 5.42. The van der Waals surface area contributed by atoms with Crippen LogP contribution in [-0.4, -0.2) is 63.2 Å². The second kappa shape index (κ2) is 12.5. The Labute approximate surface area is 213 Å². The predicted molar refractivity (Wildman–Crippen MR) is 131 cm³/mol. The Kier molecular flexibility index (Phi) is 9.20. The minimum Gasteiger partial charge on any atom is -0.495 e. The number of rotatable bonds is 10. The Balaban J connectivity index is 1.63. The van der Waals surface area contributed by atoms with Crippen molar-refractivity contribution in [3.05, 3.63) is 53.6 Å². The van der Waals surface area contributed by atoms with Gasteiger partial charge in [-0.2, -0.15) is 0 Å². The van der Waals surface area contributed by atoms with Gasteiger partial charge >= 0.3 is 17.9 Å². The van der Waals surface area contributed by atoms with E-state index in [9.17, 15) is 24.0 Å². The largest absolute Gasteiger partial charge is 0.495 e. The molecule has 0 saturated carbocycles. The number of hydrogen-bond donors (Lipinski definition) is 1. The van der Waals surface area contributed by atoms with Gasteiger partial charge in [-0.05, 0) is 44.2 Å². The number of ether oxygens (including phenoxy) is 4. The highest BCUT2D eigenvalue weighted by atomic mass is 16.5. The molecule has 0 aromatic heterocycles. The summed E-state index contributed by atoms with van der Waals surface area (Å²) in [7, 11) is 1.49. The Bertz CT molecular complexity index is 1160. The highest BCUT2D eigenvalue weighted by molar-refractivity contribution is 6.02. The molecule has 0 radical (unpaired) electrons. The summed E-state index contributed by atoms with van der Waals surface area (Å²) in [6, 6.07) is 10.9. The van der Waals surface area contributed by atoms with E-state index < -0.39 is 36.3 Å². The van der Waals surface area contributed by atoms with Gasteiger partial charge in [-0.25, -0.2) is 9.59 Å². The van der Waals surface area contributed by atoms with Crippen LogP contribution in [0.25, 0.3) is 0 Å². The number of nitrogens with one attached hydrogen (secondary N) is 1. The summed E-state index contributed by atoms with van der Waals surface area (Å²) in [5, 5.41) is 2.50. The SMILES string of the molecule is CCOC(=O)c1cc(NC(=O)COC(=O)C2CC(=O)N(c3ccccc3OC)C2)cc(C(=O)OCC)c1. The van der Waals surface area contributed by atoms with Crippen molar-refractivity contribution in [2.45, 2.75) is 20.3 Å². The van der Waals surface area contributed by atoms with Crippen LogP contribution in [0.1, 0.15) is 41.0 Å². The van der Waals surface area contributed by atoms with E-state index in [1.165, 1.54) is 30.2 Å². The van der Waals surface area contributed by atoms with E-state index in [0.29, 0.717) is 11.4 Å². The average Bonchev–Trinajstić information content (AvgIpc) is 3.28. The number of carbonyl (C=O) groups is 5. The standard InChI is InChI=1S/C26H28N2O9/c1-4-35-24(31)16-10-17(25(32)36-5-2)12-19(11-16)27-22(29)15-37-26(33)18-13-23(30)28(14-18)20-8-6-7-9-21(20)34-3/h6-12,18H,4-5,13-15H2,1-3H3,(H,27,29). The molecular weight excluding hydrogens is 484 g/mol. The van der Waals surface area contributed by atoms with E-state index in [4.69, 9.17) is 18.9 Å². The lowest BCUT2D eigenvalue weighted by Gasteiger charge is -2.19. The molecule has 1 N–H and O–H groups in total. The monoisotopic (exact) mass is 512 g/mol. The highest BCUT2D eigenvalue weighted by Gasteiger charge is 2.37. The van der Waals surface area contributed by atoms with Crippen molar-refractivity contribution in [2.24, 2.45) is 5.92 Å². The number of amides is 2. The number of methoxy groups -OCH3 is 1. The molecule has 1 fully saturated rings. The number of benzene rings is 2. The third kappa shape index (κ3) is 6.84. The maximum Gasteiger partial charge on any atom is 0.338 e. The topological polar surface area (TPSA) is 138 Å². The van der Waals surface area contributed by atoms with Crippen LogP contribution in [0.3, 0.4) is 0 Å². The Morgan fingerprint density at radius 2 is 1.57 bits per heavy atom. The zero-order valence-electron chi connectivity index (χ0n) is 20.8. The summed E-state index contributed by atoms with van der Waals surface area (Å²) < 4.78 is 20.4. The first-order valence-corrected chi connectivity index (χ1v) is 11.7. The molecule has 1 unspecified atom stereocenters. The van der Waals surface area contributed by atoms with Crippen LogP contribution >= 0.6 is 0 Å². The van der Waals surface area contributed by atoms with Gasteiger partial charge < -0.3 is 29.2 Å². The van der Waals surface area contributed by atoms with E-state index in [1.54, 1.807) is 38.1 Å². The van der Waals surface area contributed by atoms with Crippen molar-refractivity contribution >= 4 is 41.1 Å². The second-order valence-electron chi connectivity index (χ2n) is 7.97. The van der Waals surface area contributed by atoms with Crippen molar-refractivity contribution in [2.75, 3.05) is 43.7 Å². The van der Waals surface area contributed by atoms with Gasteiger partial charge in [-0.15, -0.1) is 0 Å². The zero-order valence-corrected chi connectivity index (χ0v) is 20.8. The maximum atomic E-state index is 12.6. The fourth-order valence-electron chi connectivity index (χ4n) is 3.77. The van der Waals surface area contributed by atoms with Crippen molar-refractivity contribution in [1.29, 1.82) is 0 Å². The number of carbonyl (C=O) groups excluding carboxylic acids is 5. The highest BCUT2D eigenvalue weighted by Crippen LogP contribution is 2.33. The van der Waals surface area contributed by atoms with Gasteiger partial charge in [0.05, 0.1) is 43.1 Å². The summed E-state index contributed by atoms with van der Waals surface area (Å²) in [4.78, 5) is 63.4. The van der Waals surface area contributed by atoms with Crippen molar-refractivity contribution < 1.29 is 42.9 Å². The van der Waals surface area contributed by atoms with Crippen LogP contribution in [0.5, 0.6) is 5.75 Å². The van der Waals surface area contributed by atoms with E-state index in [-0.39, 0.29) is 48.9 Å². The molecule has 1 saturated heterocycles. The van der Waals surface area contributed by atoms with Gasteiger partial charge in [0.2, 0.25) is 5.91 Å². The normalized spacial score (nSPS) is 14.6. The molecule has 1 atom stereocenters. The second-order valence-corrected chi connectivity index (χ2v) is 7.97. The Morgan fingerprint density at radius 1 is 0.946 bits per heavy atom. The first kappa shape index (κ1) is 27.2. The molecule has 0 spiro atoms. The Hall–Kier alpha value is -4.41. The van der Waals surface area contributed by atoms with E-state index in [2.05, 4.69) is 5.32 Å². The molecule has 2 aromatic carbocycles. The zero-order chi connectivity index (χ0) is 26.9. The number of hydrogen-bond acceptors (Lipinski definition) is 9. The maximum absolute atomic E-state index is 12.6. The van der Waals surface area contributed by atoms with Crippen molar-refractivity contribution in [1.82, 2.24) is 0 Å². The summed E-state index contributed by atoms with van der Waals surface area (Å²) in [6.45, 7) is 2.98. The van der Waals surface area contributed by atoms with Gasteiger partial charge in [0, 0.05) is 18.7 Å². The summed E-state index contributed by atoms with van der Waals surface area (Å²) in [5.74, 6) is -3.28. The van der Waals surface area contributed by atoms with Gasteiger partial charge in [-0.3, -0.25) is 14.4 Å². The molecule has 3 rings (SSSR count). The molecular formula is C26H28N2O9. The lowest BCUT2D eigenvalue weighted by atomic mass is 10.1. The minimum absolute atomic E-state index is 0.0422. The molecule has 0 aliphatic carbocycles. The smallest absolute Gasteiger partial charge is 0.338 e. The predicted octanol–water partition coefficient (Wildman–Crippen LogP) is 2.58. The van der Waals surface area contributed by atoms with Crippen LogP contribution in [0, 0.1) is 5.92 Å². The molecule has 0 bridgehead atoms. The fourth-order valence-corrected chi connectivity index (χ4v) is 3.77. The Morgan fingerprint density at radius 3 is 2.16 bits per heavy atom.